The molecular formula is C13H19N5O9P2S. The minimum atomic E-state index is -5.27. The zero-order valence-corrected chi connectivity index (χ0v) is 17.9. The Bertz CT molecular complexity index is 1090. The van der Waals surface area contributed by atoms with Crippen molar-refractivity contribution in [1.29, 1.82) is 0 Å². The second-order valence-corrected chi connectivity index (χ2v) is 10.8. The molecule has 0 bridgehead atoms. The number of imidazole rings is 1. The van der Waals surface area contributed by atoms with Crippen molar-refractivity contribution < 1.29 is 42.9 Å². The van der Waals surface area contributed by atoms with Crippen molar-refractivity contribution in [3.05, 3.63) is 6.33 Å². The van der Waals surface area contributed by atoms with Crippen LogP contribution in [-0.4, -0.2) is 69.5 Å². The molecule has 0 radical (unpaired) electrons. The maximum absolute atomic E-state index is 11.8. The van der Waals surface area contributed by atoms with Crippen molar-refractivity contribution in [2.75, 3.05) is 18.6 Å². The predicted octanol–water partition coefficient (Wildman–Crippen LogP) is -0.360. The summed E-state index contributed by atoms with van der Waals surface area (Å²) in [5, 5.41) is 21.6. The smallest absolute Gasteiger partial charge is 0.390 e. The molecule has 4 rings (SSSR count). The van der Waals surface area contributed by atoms with E-state index in [2.05, 4.69) is 19.3 Å². The molecule has 0 aromatic carbocycles. The van der Waals surface area contributed by atoms with Crippen molar-refractivity contribution >= 4 is 44.4 Å². The van der Waals surface area contributed by atoms with Gasteiger partial charge >= 0.3 is 15.6 Å². The highest BCUT2D eigenvalue weighted by atomic mass is 32.2. The quantitative estimate of drug-likeness (QED) is 0.168. The van der Waals surface area contributed by atoms with Crippen molar-refractivity contribution in [3.63, 3.8) is 0 Å². The second-order valence-electron chi connectivity index (χ2n) is 7.20. The highest BCUT2D eigenvalue weighted by molar-refractivity contribution is 7.98. The van der Waals surface area contributed by atoms with Crippen LogP contribution in [0.25, 0.3) is 11.2 Å². The highest BCUT2D eigenvalue weighted by Crippen LogP contribution is 2.69. The first kappa shape index (κ1) is 22.1. The predicted molar refractivity (Wildman–Crippen MR) is 102 cm³/mol. The van der Waals surface area contributed by atoms with E-state index in [0.717, 1.165) is 0 Å². The molecule has 2 saturated carbocycles. The Morgan fingerprint density at radius 1 is 1.33 bits per heavy atom. The average molecular weight is 483 g/mol. The average Bonchev–Trinajstić information content (AvgIpc) is 3.13. The lowest BCUT2D eigenvalue weighted by molar-refractivity contribution is -0.0297. The number of hydrogen-bond acceptors (Lipinski definition) is 11. The first-order valence-electron chi connectivity index (χ1n) is 8.53. The summed E-state index contributed by atoms with van der Waals surface area (Å²) in [6, 6.07) is -0.682. The summed E-state index contributed by atoms with van der Waals surface area (Å²) < 4.78 is 32.6. The lowest BCUT2D eigenvalue weighted by Gasteiger charge is -2.24. The van der Waals surface area contributed by atoms with Gasteiger partial charge in [-0.05, 0) is 18.6 Å². The monoisotopic (exact) mass is 483 g/mol. The van der Waals surface area contributed by atoms with Crippen LogP contribution in [0.1, 0.15) is 12.5 Å². The standard InChI is InChI=1S/C13H19N5O9P2S/c1-30-12-16-10(14)6-11(17-12)18(4-15-6)7-5-2-13(5,9(20)8(7)19)3-26-29(24,25)27-28(21,22)23/h4-5,7-9,19-20H,2-3H2,1H3,(H,24,25)(H2,14,16,17)(H2,21,22,23)/t5?,7?,8?,9?,13-/m0/s1. The minimum absolute atomic E-state index is 0.164. The van der Waals surface area contributed by atoms with Crippen LogP contribution in [0.15, 0.2) is 11.5 Å². The lowest BCUT2D eigenvalue weighted by atomic mass is 10.0. The Kier molecular flexibility index (Phi) is 5.30. The van der Waals surface area contributed by atoms with Crippen LogP contribution in [0.2, 0.25) is 0 Å². The van der Waals surface area contributed by atoms with Crippen LogP contribution in [0.4, 0.5) is 5.82 Å². The van der Waals surface area contributed by atoms with Gasteiger partial charge in [0, 0.05) is 5.41 Å². The number of fused-ring (bicyclic) bond motifs is 2. The van der Waals surface area contributed by atoms with Gasteiger partial charge in [-0.25, -0.2) is 24.1 Å². The van der Waals surface area contributed by atoms with Crippen molar-refractivity contribution in [2.45, 2.75) is 29.8 Å². The second kappa shape index (κ2) is 7.20. The topological polar surface area (TPSA) is 223 Å². The lowest BCUT2D eigenvalue weighted by Crippen LogP contribution is -2.35. The highest BCUT2D eigenvalue weighted by Gasteiger charge is 2.72. The molecule has 0 amide bonds. The van der Waals surface area contributed by atoms with Crippen molar-refractivity contribution in [2.24, 2.45) is 11.3 Å². The Labute approximate surface area is 173 Å². The Balaban J connectivity index is 1.60. The van der Waals surface area contributed by atoms with Gasteiger partial charge in [-0.3, -0.25) is 4.52 Å². The van der Waals surface area contributed by atoms with Gasteiger partial charge < -0.3 is 35.2 Å². The zero-order chi connectivity index (χ0) is 22.1. The van der Waals surface area contributed by atoms with Gasteiger partial charge in [0.25, 0.3) is 0 Å². The van der Waals surface area contributed by atoms with Gasteiger partial charge in [-0.15, -0.1) is 0 Å². The van der Waals surface area contributed by atoms with Crippen LogP contribution >= 0.6 is 27.4 Å². The van der Waals surface area contributed by atoms with Crippen molar-refractivity contribution in [3.8, 4) is 0 Å². The van der Waals surface area contributed by atoms with Gasteiger partial charge in [0.15, 0.2) is 16.6 Å². The Morgan fingerprint density at radius 3 is 2.67 bits per heavy atom. The maximum atomic E-state index is 11.8. The normalized spacial score (nSPS) is 32.9. The summed E-state index contributed by atoms with van der Waals surface area (Å²) in [5.41, 5.74) is 5.51. The number of rotatable bonds is 7. The molecule has 6 atom stereocenters. The summed E-state index contributed by atoms with van der Waals surface area (Å²) in [6.45, 7) is -0.556. The number of thioether (sulfide) groups is 1. The van der Waals surface area contributed by atoms with Gasteiger partial charge in [-0.2, -0.15) is 4.31 Å². The fourth-order valence-corrected chi connectivity index (χ4v) is 6.15. The SMILES string of the molecule is CSc1nc(N)c2ncn(C3C(O)C(O)[C@]4(COP(=O)(O)OP(=O)(O)O)CC34)c2n1. The minimum Gasteiger partial charge on any atom is -0.390 e. The molecule has 0 saturated heterocycles. The number of aliphatic hydroxyl groups excluding tert-OH is 2. The number of nitrogen functional groups attached to an aromatic ring is 1. The van der Waals surface area contributed by atoms with E-state index in [1.807, 2.05) is 0 Å². The van der Waals surface area contributed by atoms with E-state index in [1.165, 1.54) is 18.1 Å². The van der Waals surface area contributed by atoms with E-state index in [9.17, 15) is 24.2 Å². The van der Waals surface area contributed by atoms with Gasteiger partial charge in [0.2, 0.25) is 0 Å². The number of nitrogens with zero attached hydrogens (tertiary/aromatic N) is 4. The fraction of sp³-hybridized carbons (Fsp3) is 0.615. The van der Waals surface area contributed by atoms with E-state index in [4.69, 9.17) is 20.0 Å². The molecule has 2 aliphatic rings. The van der Waals surface area contributed by atoms with Crippen LogP contribution in [0.5, 0.6) is 0 Å². The zero-order valence-electron chi connectivity index (χ0n) is 15.3. The molecule has 14 nitrogen and oxygen atoms in total. The van der Waals surface area contributed by atoms with Crippen LogP contribution < -0.4 is 5.73 Å². The van der Waals surface area contributed by atoms with E-state index in [-0.39, 0.29) is 11.7 Å². The van der Waals surface area contributed by atoms with Gasteiger partial charge in [-0.1, -0.05) is 11.8 Å². The first-order valence-corrected chi connectivity index (χ1v) is 12.8. The number of hydrogen-bond donors (Lipinski definition) is 6. The van der Waals surface area contributed by atoms with Crippen LogP contribution in [-0.2, 0) is 18.0 Å². The molecule has 2 aromatic rings. The largest absolute Gasteiger partial charge is 0.481 e. The Morgan fingerprint density at radius 2 is 2.03 bits per heavy atom. The third kappa shape index (κ3) is 3.69. The molecule has 2 aliphatic carbocycles. The summed E-state index contributed by atoms with van der Waals surface area (Å²) in [5.74, 6) is -0.221. The van der Waals surface area contributed by atoms with Crippen LogP contribution in [0.3, 0.4) is 0 Å². The molecule has 2 fully saturated rings. The van der Waals surface area contributed by atoms with E-state index < -0.39 is 45.9 Å². The number of phosphoric ester groups is 1. The molecule has 0 aliphatic heterocycles. The molecule has 2 heterocycles. The van der Waals surface area contributed by atoms with E-state index in [1.54, 1.807) is 10.8 Å². The third-order valence-electron chi connectivity index (χ3n) is 5.49. The van der Waals surface area contributed by atoms with Gasteiger partial charge in [0.05, 0.1) is 25.1 Å². The third-order valence-corrected chi connectivity index (χ3v) is 8.17. The van der Waals surface area contributed by atoms with Gasteiger partial charge in [0.1, 0.15) is 11.6 Å². The molecule has 2 aromatic heterocycles. The molecule has 30 heavy (non-hydrogen) atoms. The number of nitrogens with two attached hydrogens (primary N) is 1. The number of aliphatic hydroxyl groups is 2. The van der Waals surface area contributed by atoms with E-state index >= 15 is 0 Å². The molecular weight excluding hydrogens is 464 g/mol. The Hall–Kier alpha value is -1.12. The van der Waals surface area contributed by atoms with Crippen LogP contribution in [0, 0.1) is 11.3 Å². The molecule has 0 spiro atoms. The molecule has 5 unspecified atom stereocenters. The molecule has 7 N–H and O–H groups in total. The maximum Gasteiger partial charge on any atom is 0.481 e. The summed E-state index contributed by atoms with van der Waals surface area (Å²) in [6.07, 6.45) is 0.898. The number of aromatic nitrogens is 4. The number of phosphoric acid groups is 2. The van der Waals surface area contributed by atoms with E-state index in [0.29, 0.717) is 22.7 Å². The summed E-state index contributed by atoms with van der Waals surface area (Å²) in [4.78, 5) is 39.6. The number of anilines is 1. The summed E-state index contributed by atoms with van der Waals surface area (Å²) >= 11 is 1.27. The van der Waals surface area contributed by atoms with Crippen molar-refractivity contribution in [1.82, 2.24) is 19.5 Å². The molecule has 17 heteroatoms. The fourth-order valence-electron chi connectivity index (χ4n) is 4.11. The first-order chi connectivity index (χ1) is 13.9. The summed E-state index contributed by atoms with van der Waals surface area (Å²) in [7, 11) is -10.3. The molecule has 166 valence electrons.